The molecule has 0 aliphatic rings. The summed E-state index contributed by atoms with van der Waals surface area (Å²) in [4.78, 5) is 0.372. The molecule has 5 rings (SSSR count). The van der Waals surface area contributed by atoms with Crippen molar-refractivity contribution in [3.63, 3.8) is 0 Å². The van der Waals surface area contributed by atoms with Crippen molar-refractivity contribution in [3.05, 3.63) is 125 Å². The standard InChI is InChI=1S/C38H45N2O2S.BrH/c1-6-13-38(40(7-2,8-3)27-31-23-28(4)22-29(5)24-31)39-43(41,42)37-21-20-33-15-11-12-17-35(33)36(37)26-30-18-19-32-14-9-10-16-34(32)25-30;/h9-12,14-25,38-39H,6-8,13,26-27H2,1-5H3;1H/q+1;/p-1. The molecule has 44 heavy (non-hydrogen) atoms. The van der Waals surface area contributed by atoms with E-state index in [0.29, 0.717) is 15.8 Å². The van der Waals surface area contributed by atoms with E-state index in [2.05, 4.69) is 93.9 Å². The van der Waals surface area contributed by atoms with Crippen LogP contribution in [0.4, 0.5) is 0 Å². The van der Waals surface area contributed by atoms with Crippen LogP contribution in [0.1, 0.15) is 61.4 Å². The van der Waals surface area contributed by atoms with Crippen molar-refractivity contribution < 1.29 is 29.9 Å². The number of fused-ring (bicyclic) bond motifs is 2. The molecule has 1 unspecified atom stereocenters. The van der Waals surface area contributed by atoms with Gasteiger partial charge in [0.05, 0.1) is 18.0 Å². The molecule has 0 saturated heterocycles. The van der Waals surface area contributed by atoms with Gasteiger partial charge >= 0.3 is 0 Å². The Morgan fingerprint density at radius 1 is 0.705 bits per heavy atom. The quantitative estimate of drug-likeness (QED) is 0.137. The molecule has 0 aliphatic heterocycles. The van der Waals surface area contributed by atoms with Crippen molar-refractivity contribution in [2.75, 3.05) is 13.1 Å². The van der Waals surface area contributed by atoms with Gasteiger partial charge in [-0.15, -0.1) is 0 Å². The predicted molar refractivity (Wildman–Crippen MR) is 181 cm³/mol. The molecule has 0 bridgehead atoms. The Balaban J connectivity index is 0.00000442. The smallest absolute Gasteiger partial charge is 0.245 e. The molecule has 4 nitrogen and oxygen atoms in total. The molecule has 0 amide bonds. The zero-order chi connectivity index (χ0) is 30.6. The SMILES string of the molecule is CCCC(NS(=O)(=O)c1ccc2ccccc2c1Cc1ccc2ccccc2c1)[N+](CC)(CC)Cc1cc(C)cc(C)c1.[Br-]. The first-order valence-electron chi connectivity index (χ1n) is 15.6. The van der Waals surface area contributed by atoms with E-state index in [-0.39, 0.29) is 23.1 Å². The van der Waals surface area contributed by atoms with E-state index >= 15 is 0 Å². The predicted octanol–water partition coefficient (Wildman–Crippen LogP) is 5.67. The minimum atomic E-state index is -3.84. The number of hydrogen-bond donors (Lipinski definition) is 1. The van der Waals surface area contributed by atoms with Crippen LogP contribution in [-0.4, -0.2) is 32.2 Å². The summed E-state index contributed by atoms with van der Waals surface area (Å²) in [6.45, 7) is 13.2. The summed E-state index contributed by atoms with van der Waals surface area (Å²) in [5.41, 5.74) is 5.67. The maximum atomic E-state index is 14.5. The first-order valence-corrected chi connectivity index (χ1v) is 17.1. The van der Waals surface area contributed by atoms with Crippen LogP contribution in [0.5, 0.6) is 0 Å². The Bertz CT molecular complexity index is 1830. The van der Waals surface area contributed by atoms with Gasteiger partial charge in [-0.25, -0.2) is 8.42 Å². The van der Waals surface area contributed by atoms with E-state index in [9.17, 15) is 8.42 Å². The van der Waals surface area contributed by atoms with Gasteiger partial charge in [-0.1, -0.05) is 109 Å². The number of hydrogen-bond acceptors (Lipinski definition) is 2. The van der Waals surface area contributed by atoms with Crippen LogP contribution in [0.3, 0.4) is 0 Å². The molecule has 1 N–H and O–H groups in total. The van der Waals surface area contributed by atoms with Gasteiger partial charge in [0, 0.05) is 12.0 Å². The van der Waals surface area contributed by atoms with Gasteiger partial charge in [0.2, 0.25) is 10.0 Å². The fourth-order valence-corrected chi connectivity index (χ4v) is 8.37. The van der Waals surface area contributed by atoms with E-state index in [0.717, 1.165) is 59.8 Å². The number of nitrogens with zero attached hydrogens (tertiary/aromatic N) is 1. The second kappa shape index (κ2) is 14.4. The van der Waals surface area contributed by atoms with E-state index in [1.165, 1.54) is 22.1 Å². The second-order valence-electron chi connectivity index (χ2n) is 12.1. The van der Waals surface area contributed by atoms with Gasteiger partial charge in [-0.05, 0) is 79.3 Å². The Kier molecular flexibility index (Phi) is 11.1. The zero-order valence-corrected chi connectivity index (χ0v) is 29.0. The molecule has 0 radical (unpaired) electrons. The fourth-order valence-electron chi connectivity index (χ4n) is 6.79. The molecule has 0 saturated carbocycles. The van der Waals surface area contributed by atoms with Gasteiger partial charge < -0.3 is 21.5 Å². The molecule has 232 valence electrons. The highest BCUT2D eigenvalue weighted by Gasteiger charge is 2.37. The molecule has 0 aromatic heterocycles. The molecule has 0 heterocycles. The summed E-state index contributed by atoms with van der Waals surface area (Å²) in [6.07, 6.45) is 1.94. The number of quaternary nitrogens is 1. The molecule has 5 aromatic carbocycles. The molecular weight excluding hydrogens is 628 g/mol. The van der Waals surface area contributed by atoms with Crippen LogP contribution in [0.25, 0.3) is 21.5 Å². The van der Waals surface area contributed by atoms with Crippen molar-refractivity contribution in [1.82, 2.24) is 4.72 Å². The number of rotatable bonds is 12. The van der Waals surface area contributed by atoms with Gasteiger partial charge in [0.1, 0.15) is 6.54 Å². The van der Waals surface area contributed by atoms with Crippen molar-refractivity contribution in [2.45, 2.75) is 71.5 Å². The van der Waals surface area contributed by atoms with Crippen molar-refractivity contribution in [3.8, 4) is 0 Å². The molecular formula is C38H45BrN2O2S. The van der Waals surface area contributed by atoms with Crippen molar-refractivity contribution >= 4 is 31.6 Å². The lowest BCUT2D eigenvalue weighted by Gasteiger charge is -2.44. The van der Waals surface area contributed by atoms with Crippen molar-refractivity contribution in [2.24, 2.45) is 0 Å². The topological polar surface area (TPSA) is 46.2 Å². The number of nitrogens with one attached hydrogen (secondary N) is 1. The number of halogens is 1. The zero-order valence-electron chi connectivity index (χ0n) is 26.6. The van der Waals surface area contributed by atoms with Crippen LogP contribution in [0.2, 0.25) is 0 Å². The number of benzene rings is 5. The lowest BCUT2D eigenvalue weighted by Crippen LogP contribution is -3.00. The molecule has 0 spiro atoms. The molecule has 5 aromatic rings. The van der Waals surface area contributed by atoms with Gasteiger partial charge in [-0.3, -0.25) is 0 Å². The van der Waals surface area contributed by atoms with Gasteiger partial charge in [0.25, 0.3) is 0 Å². The Morgan fingerprint density at radius 3 is 1.98 bits per heavy atom. The van der Waals surface area contributed by atoms with Crippen LogP contribution >= 0.6 is 0 Å². The first-order chi connectivity index (χ1) is 20.7. The summed E-state index contributed by atoms with van der Waals surface area (Å²) >= 11 is 0. The molecule has 6 heteroatoms. The van der Waals surface area contributed by atoms with Crippen LogP contribution in [0.15, 0.2) is 102 Å². The number of aryl methyl sites for hydroxylation is 2. The first kappa shape index (κ1) is 33.9. The molecule has 0 aliphatic carbocycles. The second-order valence-corrected chi connectivity index (χ2v) is 13.7. The normalized spacial score (nSPS) is 12.8. The van der Waals surface area contributed by atoms with Gasteiger partial charge in [-0.2, -0.15) is 4.72 Å². The average Bonchev–Trinajstić information content (AvgIpc) is 2.99. The third-order valence-electron chi connectivity index (χ3n) is 9.03. The Morgan fingerprint density at radius 2 is 1.32 bits per heavy atom. The Labute approximate surface area is 274 Å². The summed E-state index contributed by atoms with van der Waals surface area (Å²) < 4.78 is 32.9. The van der Waals surface area contributed by atoms with E-state index in [1.54, 1.807) is 6.07 Å². The third kappa shape index (κ3) is 7.26. The van der Waals surface area contributed by atoms with E-state index in [1.807, 2.05) is 36.4 Å². The summed E-state index contributed by atoms with van der Waals surface area (Å²) in [5.74, 6) is 0. The van der Waals surface area contributed by atoms with Crippen LogP contribution in [-0.2, 0) is 23.0 Å². The summed E-state index contributed by atoms with van der Waals surface area (Å²) in [5, 5.41) is 4.36. The minimum absolute atomic E-state index is 0. The highest BCUT2D eigenvalue weighted by Crippen LogP contribution is 2.31. The van der Waals surface area contributed by atoms with Crippen molar-refractivity contribution in [1.29, 1.82) is 0 Å². The third-order valence-corrected chi connectivity index (χ3v) is 10.6. The van der Waals surface area contributed by atoms with Crippen LogP contribution in [0, 0.1) is 13.8 Å². The lowest BCUT2D eigenvalue weighted by molar-refractivity contribution is -0.962. The fraction of sp³-hybridized carbons (Fsp3) is 0.316. The highest BCUT2D eigenvalue weighted by molar-refractivity contribution is 7.89. The largest absolute Gasteiger partial charge is 1.00 e. The minimum Gasteiger partial charge on any atom is -1.00 e. The summed E-state index contributed by atoms with van der Waals surface area (Å²) in [6, 6.07) is 33.3. The molecule has 0 fully saturated rings. The average molecular weight is 674 g/mol. The number of sulfonamides is 1. The Hall–Kier alpha value is -3.03. The summed E-state index contributed by atoms with van der Waals surface area (Å²) in [7, 11) is -3.84. The highest BCUT2D eigenvalue weighted by atomic mass is 79.9. The maximum Gasteiger partial charge on any atom is 0.245 e. The van der Waals surface area contributed by atoms with E-state index < -0.39 is 10.0 Å². The van der Waals surface area contributed by atoms with Gasteiger partial charge in [0.15, 0.2) is 6.17 Å². The lowest BCUT2D eigenvalue weighted by atomic mass is 9.97. The maximum absolute atomic E-state index is 14.5. The monoisotopic (exact) mass is 672 g/mol. The van der Waals surface area contributed by atoms with Crippen LogP contribution < -0.4 is 21.7 Å². The van der Waals surface area contributed by atoms with E-state index in [4.69, 9.17) is 0 Å². The molecule has 1 atom stereocenters.